The van der Waals surface area contributed by atoms with E-state index >= 15 is 4.39 Å². The Kier molecular flexibility index (Phi) is 12.4. The zero-order chi connectivity index (χ0) is 47.4. The van der Waals surface area contributed by atoms with Gasteiger partial charge in [0.25, 0.3) is 11.8 Å². The SMILES string of the molecule is CCCS(=O)(=O)Nc1cccc(-c2nc(C(C)(C)C)sc2-c2ccnc(NC3CCN(C(=O)CN4CCC5(CC4)CN(c4ccc6c(c4)C(=O)N([C@@H]4CCC(=O)NC4=O)C6=O)C5)CC3)n2)c1F. The van der Waals surface area contributed by atoms with Gasteiger partial charge in [0.1, 0.15) is 6.04 Å². The largest absolute Gasteiger partial charge is 0.370 e. The van der Waals surface area contributed by atoms with E-state index < -0.39 is 45.5 Å². The lowest BCUT2D eigenvalue weighted by molar-refractivity contribution is -0.136. The first-order valence-corrected chi connectivity index (χ1v) is 25.4. The van der Waals surface area contributed by atoms with Crippen molar-refractivity contribution in [3.63, 3.8) is 0 Å². The van der Waals surface area contributed by atoms with Crippen molar-refractivity contribution in [3.8, 4) is 21.8 Å². The van der Waals surface area contributed by atoms with Crippen molar-refractivity contribution in [2.75, 3.05) is 66.5 Å². The second-order valence-electron chi connectivity index (χ2n) is 19.4. The third kappa shape index (κ3) is 9.39. The summed E-state index contributed by atoms with van der Waals surface area (Å²) in [6.07, 6.45) is 5.52. The van der Waals surface area contributed by atoms with E-state index in [2.05, 4.69) is 30.1 Å². The number of rotatable bonds is 12. The predicted octanol–water partition coefficient (Wildman–Crippen LogP) is 5.26. The number of hydrogen-bond donors (Lipinski definition) is 3. The fourth-order valence-corrected chi connectivity index (χ4v) is 11.9. The highest BCUT2D eigenvalue weighted by Crippen LogP contribution is 2.45. The lowest BCUT2D eigenvalue weighted by Gasteiger charge is -2.55. The van der Waals surface area contributed by atoms with Crippen LogP contribution in [-0.4, -0.2) is 131 Å². The van der Waals surface area contributed by atoms with Gasteiger partial charge < -0.3 is 15.1 Å². The molecule has 0 saturated carbocycles. The summed E-state index contributed by atoms with van der Waals surface area (Å²) in [6.45, 7) is 12.6. The summed E-state index contributed by atoms with van der Waals surface area (Å²) >= 11 is 1.41. The molecule has 9 rings (SSSR count). The van der Waals surface area contributed by atoms with Crippen LogP contribution in [0.5, 0.6) is 0 Å². The highest BCUT2D eigenvalue weighted by atomic mass is 32.2. The zero-order valence-electron chi connectivity index (χ0n) is 38.1. The second-order valence-corrected chi connectivity index (χ2v) is 22.2. The number of benzene rings is 2. The van der Waals surface area contributed by atoms with Crippen molar-refractivity contribution < 1.29 is 36.8 Å². The van der Waals surface area contributed by atoms with Crippen LogP contribution in [0.2, 0.25) is 0 Å². The van der Waals surface area contributed by atoms with E-state index in [4.69, 9.17) is 9.97 Å². The summed E-state index contributed by atoms with van der Waals surface area (Å²) in [5.74, 6) is -2.40. The minimum Gasteiger partial charge on any atom is -0.370 e. The van der Waals surface area contributed by atoms with Crippen LogP contribution in [0.25, 0.3) is 21.8 Å². The number of thiazole rings is 1. The third-order valence-electron chi connectivity index (χ3n) is 13.4. The van der Waals surface area contributed by atoms with Gasteiger partial charge in [-0.3, -0.25) is 43.8 Å². The van der Waals surface area contributed by atoms with E-state index in [1.165, 1.54) is 17.4 Å². The van der Waals surface area contributed by atoms with Crippen LogP contribution >= 0.6 is 11.3 Å². The number of amides is 5. The first-order valence-electron chi connectivity index (χ1n) is 22.9. The average Bonchev–Trinajstić information content (AvgIpc) is 3.83. The molecule has 5 aliphatic rings. The number of carbonyl (C=O) groups is 5. The number of carbonyl (C=O) groups excluding carboxylic acids is 5. The summed E-state index contributed by atoms with van der Waals surface area (Å²) in [6, 6.07) is 10.6. The molecule has 2 aromatic heterocycles. The summed E-state index contributed by atoms with van der Waals surface area (Å²) in [7, 11) is -3.73. The Balaban J connectivity index is 0.767. The number of likely N-dealkylation sites (tertiary alicyclic amines) is 2. The fourth-order valence-electron chi connectivity index (χ4n) is 9.68. The molecule has 67 heavy (non-hydrogen) atoms. The van der Waals surface area contributed by atoms with Gasteiger partial charge in [0.05, 0.1) is 50.4 Å². The highest BCUT2D eigenvalue weighted by molar-refractivity contribution is 7.92. The number of anilines is 3. The van der Waals surface area contributed by atoms with Crippen molar-refractivity contribution >= 4 is 68.2 Å². The number of sulfonamides is 1. The summed E-state index contributed by atoms with van der Waals surface area (Å²) in [4.78, 5) is 86.4. The molecule has 0 radical (unpaired) electrons. The van der Waals surface area contributed by atoms with Crippen LogP contribution in [0.15, 0.2) is 48.7 Å². The lowest BCUT2D eigenvalue weighted by Crippen LogP contribution is -2.61. The molecule has 7 heterocycles. The van der Waals surface area contributed by atoms with Crippen LogP contribution in [0.4, 0.5) is 21.7 Å². The number of nitrogens with one attached hydrogen (secondary N) is 3. The minimum absolute atomic E-state index is 0.0283. The molecule has 3 N–H and O–H groups in total. The van der Waals surface area contributed by atoms with Crippen LogP contribution in [0.3, 0.4) is 0 Å². The Labute approximate surface area is 393 Å². The van der Waals surface area contributed by atoms with E-state index in [1.54, 1.807) is 43.5 Å². The number of aromatic nitrogens is 3. The van der Waals surface area contributed by atoms with E-state index in [-0.39, 0.29) is 63.8 Å². The predicted molar refractivity (Wildman–Crippen MR) is 252 cm³/mol. The summed E-state index contributed by atoms with van der Waals surface area (Å²) in [5, 5.41) is 6.46. The molecule has 17 nitrogen and oxygen atoms in total. The molecule has 1 spiro atoms. The molecule has 20 heteroatoms. The Morgan fingerprint density at radius 1 is 0.940 bits per heavy atom. The van der Waals surface area contributed by atoms with Gasteiger partial charge in [-0.25, -0.2) is 27.8 Å². The smallest absolute Gasteiger partial charge is 0.262 e. The van der Waals surface area contributed by atoms with Crippen LogP contribution in [0.1, 0.15) is 98.4 Å². The van der Waals surface area contributed by atoms with Gasteiger partial charge in [-0.1, -0.05) is 33.8 Å². The quantitative estimate of drug-likeness (QED) is 0.155. The molecule has 0 aliphatic carbocycles. The highest BCUT2D eigenvalue weighted by Gasteiger charge is 2.48. The van der Waals surface area contributed by atoms with Gasteiger partial charge >= 0.3 is 0 Å². The van der Waals surface area contributed by atoms with E-state index in [0.717, 1.165) is 54.6 Å². The van der Waals surface area contributed by atoms with Crippen molar-refractivity contribution in [1.82, 2.24) is 35.0 Å². The fraction of sp³-hybridized carbons (Fsp3) is 0.489. The molecular formula is C47H55FN10O7S2. The molecule has 2 aromatic carbocycles. The molecule has 5 amide bonds. The third-order valence-corrected chi connectivity index (χ3v) is 16.4. The number of fused-ring (bicyclic) bond motifs is 1. The Morgan fingerprint density at radius 2 is 1.67 bits per heavy atom. The summed E-state index contributed by atoms with van der Waals surface area (Å²) < 4.78 is 43.6. The topological polar surface area (TPSA) is 207 Å². The van der Waals surface area contributed by atoms with Crippen molar-refractivity contribution in [2.45, 2.75) is 90.1 Å². The normalized spacial score (nSPS) is 20.3. The second kappa shape index (κ2) is 18.0. The Hall–Kier alpha value is -5.86. The van der Waals surface area contributed by atoms with Gasteiger partial charge in [0.2, 0.25) is 33.7 Å². The number of imide groups is 2. The first kappa shape index (κ1) is 46.3. The lowest BCUT2D eigenvalue weighted by atomic mass is 9.71. The molecular weight excluding hydrogens is 900 g/mol. The standard InChI is InChI=1S/C47H55FN10O7S2/c1-5-23-67(64,65)54-33-8-6-7-31(38(33)48)39-40(66-44(53-39)46(2,3)4)34-13-18-49-45(51-34)50-28-14-19-56(20-15-28)37(60)25-55-21-16-47(17-22-55)26-57(27-47)29-9-10-30-32(24-29)43(63)58(42(30)62)35-11-12-36(59)52-41(35)61/h6-10,13,18,24,28,35,54H,5,11-12,14-17,19-23,25-27H2,1-4H3,(H,49,50,51)(H,52,59,61)/t35-/m1/s1. The van der Waals surface area contributed by atoms with Gasteiger partial charge in [0.15, 0.2) is 5.82 Å². The number of halogens is 1. The van der Waals surface area contributed by atoms with E-state index in [1.807, 2.05) is 31.7 Å². The number of hydrogen-bond acceptors (Lipinski definition) is 14. The molecule has 5 aliphatic heterocycles. The monoisotopic (exact) mass is 954 g/mol. The van der Waals surface area contributed by atoms with Crippen molar-refractivity contribution in [3.05, 3.63) is 70.6 Å². The Morgan fingerprint density at radius 3 is 2.37 bits per heavy atom. The molecule has 4 aromatic rings. The van der Waals surface area contributed by atoms with Crippen LogP contribution < -0.4 is 20.3 Å². The van der Waals surface area contributed by atoms with Gasteiger partial charge in [0, 0.05) is 66.9 Å². The molecule has 1 atom stereocenters. The first-order chi connectivity index (χ1) is 31.9. The number of piperidine rings is 3. The zero-order valence-corrected chi connectivity index (χ0v) is 39.7. The van der Waals surface area contributed by atoms with Gasteiger partial charge in [-0.05, 0) is 88.0 Å². The van der Waals surface area contributed by atoms with Crippen molar-refractivity contribution in [2.24, 2.45) is 5.41 Å². The maximum Gasteiger partial charge on any atom is 0.262 e. The Bertz CT molecular complexity index is 2750. The number of nitrogens with zero attached hydrogens (tertiary/aromatic N) is 7. The maximum atomic E-state index is 16.1. The van der Waals surface area contributed by atoms with Crippen molar-refractivity contribution in [1.29, 1.82) is 0 Å². The van der Waals surface area contributed by atoms with E-state index in [0.29, 0.717) is 61.1 Å². The molecule has 4 saturated heterocycles. The van der Waals surface area contributed by atoms with Gasteiger partial charge in [-0.2, -0.15) is 0 Å². The van der Waals surface area contributed by atoms with Gasteiger partial charge in [-0.15, -0.1) is 11.3 Å². The minimum atomic E-state index is -3.73. The maximum absolute atomic E-state index is 16.1. The summed E-state index contributed by atoms with van der Waals surface area (Å²) in [5.41, 5.74) is 2.10. The van der Waals surface area contributed by atoms with E-state index in [9.17, 15) is 32.4 Å². The molecule has 354 valence electrons. The molecule has 0 unspecified atom stereocenters. The molecule has 4 fully saturated rings. The van der Waals surface area contributed by atoms with Crippen LogP contribution in [-0.2, 0) is 29.8 Å². The molecule has 0 bridgehead atoms. The average molecular weight is 955 g/mol. The van der Waals surface area contributed by atoms with Crippen LogP contribution in [0, 0.1) is 11.2 Å².